The molecule has 5 heteroatoms. The number of benzene rings is 1. The number of nitrogens with one attached hydrogen (secondary N) is 1. The Hall–Kier alpha value is -2.30. The first-order valence-corrected chi connectivity index (χ1v) is 7.77. The van der Waals surface area contributed by atoms with Gasteiger partial charge in [0.25, 0.3) is 0 Å². The lowest BCUT2D eigenvalue weighted by molar-refractivity contribution is -0.122. The number of carbonyl (C=O) groups is 1. The van der Waals surface area contributed by atoms with Crippen molar-refractivity contribution >= 4 is 5.91 Å². The summed E-state index contributed by atoms with van der Waals surface area (Å²) < 4.78 is 27.4. The Kier molecular flexibility index (Phi) is 4.65. The third kappa shape index (κ3) is 4.12. The quantitative estimate of drug-likeness (QED) is 0.885. The van der Waals surface area contributed by atoms with Crippen LogP contribution >= 0.6 is 0 Å². The molecule has 0 radical (unpaired) electrons. The summed E-state index contributed by atoms with van der Waals surface area (Å²) >= 11 is 0. The number of carbonyl (C=O) groups excluding carboxylic acids is 1. The van der Waals surface area contributed by atoms with Crippen molar-refractivity contribution in [2.45, 2.75) is 31.7 Å². The Labute approximate surface area is 133 Å². The molecule has 1 heterocycles. The van der Waals surface area contributed by atoms with Crippen molar-refractivity contribution in [3.05, 3.63) is 65.5 Å². The average molecular weight is 316 g/mol. The molecule has 3 nitrogen and oxygen atoms in total. The van der Waals surface area contributed by atoms with E-state index in [9.17, 15) is 13.6 Å². The van der Waals surface area contributed by atoms with Crippen LogP contribution in [0.3, 0.4) is 0 Å². The summed E-state index contributed by atoms with van der Waals surface area (Å²) in [4.78, 5) is 16.3. The monoisotopic (exact) mass is 316 g/mol. The molecule has 120 valence electrons. The van der Waals surface area contributed by atoms with Gasteiger partial charge >= 0.3 is 0 Å². The maximum Gasteiger partial charge on any atom is 0.220 e. The van der Waals surface area contributed by atoms with Gasteiger partial charge in [-0.25, -0.2) is 8.78 Å². The van der Waals surface area contributed by atoms with E-state index in [1.165, 1.54) is 6.07 Å². The molecule has 1 saturated carbocycles. The molecule has 1 aromatic carbocycles. The molecule has 1 amide bonds. The fraction of sp³-hybridized carbons (Fsp3) is 0.333. The van der Waals surface area contributed by atoms with E-state index in [0.717, 1.165) is 30.7 Å². The van der Waals surface area contributed by atoms with E-state index in [2.05, 4.69) is 10.3 Å². The number of halogens is 2. The van der Waals surface area contributed by atoms with Crippen molar-refractivity contribution in [2.75, 3.05) is 0 Å². The number of nitrogens with zero attached hydrogens (tertiary/aromatic N) is 1. The molecule has 3 rings (SSSR count). The second-order valence-corrected chi connectivity index (χ2v) is 5.87. The van der Waals surface area contributed by atoms with Gasteiger partial charge in [0, 0.05) is 23.9 Å². The van der Waals surface area contributed by atoms with E-state index in [0.29, 0.717) is 6.42 Å². The Morgan fingerprint density at radius 2 is 2.09 bits per heavy atom. The fourth-order valence-corrected chi connectivity index (χ4v) is 2.67. The number of aromatic nitrogens is 1. The SMILES string of the molecule is O=C(CCc1ccccn1)N[C@@H](c1cc(F)ccc1F)C1CC1. The normalized spacial score (nSPS) is 15.2. The molecule has 1 N–H and O–H groups in total. The van der Waals surface area contributed by atoms with Gasteiger partial charge in [-0.1, -0.05) is 6.07 Å². The van der Waals surface area contributed by atoms with Crippen molar-refractivity contribution in [3.8, 4) is 0 Å². The standard InChI is InChI=1S/C18H18F2N2O/c19-13-6-8-16(20)15(11-13)18(12-4-5-12)22-17(23)9-7-14-3-1-2-10-21-14/h1-3,6,8,10-12,18H,4-5,7,9H2,(H,22,23)/t18-/m1/s1. The molecule has 23 heavy (non-hydrogen) atoms. The van der Waals surface area contributed by atoms with Gasteiger partial charge < -0.3 is 5.32 Å². The first-order chi connectivity index (χ1) is 11.1. The first-order valence-electron chi connectivity index (χ1n) is 7.77. The highest BCUT2D eigenvalue weighted by Gasteiger charge is 2.35. The number of aryl methyl sites for hydroxylation is 1. The molecule has 0 unspecified atom stereocenters. The largest absolute Gasteiger partial charge is 0.349 e. The molecule has 2 aromatic rings. The van der Waals surface area contributed by atoms with Crippen LogP contribution in [0, 0.1) is 17.6 Å². The van der Waals surface area contributed by atoms with Gasteiger partial charge in [-0.3, -0.25) is 9.78 Å². The zero-order chi connectivity index (χ0) is 16.2. The van der Waals surface area contributed by atoms with Gasteiger partial charge in [-0.15, -0.1) is 0 Å². The van der Waals surface area contributed by atoms with E-state index >= 15 is 0 Å². The zero-order valence-electron chi connectivity index (χ0n) is 12.6. The van der Waals surface area contributed by atoms with E-state index in [1.54, 1.807) is 6.20 Å². The molecule has 1 aliphatic carbocycles. The van der Waals surface area contributed by atoms with Gasteiger partial charge in [0.15, 0.2) is 0 Å². The van der Waals surface area contributed by atoms with Crippen molar-refractivity contribution in [2.24, 2.45) is 5.92 Å². The minimum atomic E-state index is -0.491. The van der Waals surface area contributed by atoms with Crippen molar-refractivity contribution in [1.82, 2.24) is 10.3 Å². The summed E-state index contributed by atoms with van der Waals surface area (Å²) in [5.74, 6) is -0.954. The van der Waals surface area contributed by atoms with Gasteiger partial charge in [0.05, 0.1) is 6.04 Å². The Morgan fingerprint density at radius 1 is 1.26 bits per heavy atom. The summed E-state index contributed by atoms with van der Waals surface area (Å²) in [7, 11) is 0. The molecule has 1 fully saturated rings. The maximum atomic E-state index is 14.0. The number of pyridine rings is 1. The van der Waals surface area contributed by atoms with Gasteiger partial charge in [-0.2, -0.15) is 0 Å². The minimum absolute atomic E-state index is 0.170. The Morgan fingerprint density at radius 3 is 2.78 bits per heavy atom. The summed E-state index contributed by atoms with van der Waals surface area (Å²) in [5, 5.41) is 2.86. The Balaban J connectivity index is 1.65. The van der Waals surface area contributed by atoms with Crippen LogP contribution in [-0.2, 0) is 11.2 Å². The van der Waals surface area contributed by atoms with Crippen molar-refractivity contribution < 1.29 is 13.6 Å². The molecule has 1 aliphatic rings. The predicted molar refractivity (Wildman–Crippen MR) is 82.5 cm³/mol. The summed E-state index contributed by atoms with van der Waals surface area (Å²) in [5.41, 5.74) is 1.07. The highest BCUT2D eigenvalue weighted by Crippen LogP contribution is 2.41. The van der Waals surface area contributed by atoms with Crippen molar-refractivity contribution in [1.29, 1.82) is 0 Å². The molecule has 0 aliphatic heterocycles. The molecule has 0 bridgehead atoms. The van der Waals surface area contributed by atoms with E-state index in [-0.39, 0.29) is 23.8 Å². The van der Waals surface area contributed by atoms with E-state index in [4.69, 9.17) is 0 Å². The molecule has 0 saturated heterocycles. The fourth-order valence-electron chi connectivity index (χ4n) is 2.67. The summed E-state index contributed by atoms with van der Waals surface area (Å²) in [6, 6.07) is 8.47. The maximum absolute atomic E-state index is 14.0. The number of hydrogen-bond acceptors (Lipinski definition) is 2. The molecular formula is C18H18F2N2O. The predicted octanol–water partition coefficient (Wildman–Crippen LogP) is 3.56. The molecule has 1 aromatic heterocycles. The zero-order valence-corrected chi connectivity index (χ0v) is 12.6. The topological polar surface area (TPSA) is 42.0 Å². The highest BCUT2D eigenvalue weighted by atomic mass is 19.1. The second kappa shape index (κ2) is 6.86. The van der Waals surface area contributed by atoms with E-state index in [1.807, 2.05) is 18.2 Å². The van der Waals surface area contributed by atoms with Crippen LogP contribution in [-0.4, -0.2) is 10.9 Å². The highest BCUT2D eigenvalue weighted by molar-refractivity contribution is 5.76. The van der Waals surface area contributed by atoms with Gasteiger partial charge in [-0.05, 0) is 55.5 Å². The number of rotatable bonds is 6. The minimum Gasteiger partial charge on any atom is -0.349 e. The smallest absolute Gasteiger partial charge is 0.220 e. The first kappa shape index (κ1) is 15.6. The van der Waals surface area contributed by atoms with Crippen LogP contribution in [0.25, 0.3) is 0 Å². The average Bonchev–Trinajstić information content (AvgIpc) is 3.39. The van der Waals surface area contributed by atoms with E-state index < -0.39 is 17.7 Å². The van der Waals surface area contributed by atoms with Crippen LogP contribution in [0.15, 0.2) is 42.6 Å². The summed E-state index contributed by atoms with van der Waals surface area (Å²) in [6.07, 6.45) is 4.32. The molecule has 1 atom stereocenters. The Bertz CT molecular complexity index is 687. The molecular weight excluding hydrogens is 298 g/mol. The van der Waals surface area contributed by atoms with Crippen LogP contribution in [0.2, 0.25) is 0 Å². The van der Waals surface area contributed by atoms with Crippen LogP contribution in [0.1, 0.15) is 36.6 Å². The van der Waals surface area contributed by atoms with Gasteiger partial charge in [0.1, 0.15) is 11.6 Å². The molecule has 0 spiro atoms. The lowest BCUT2D eigenvalue weighted by Gasteiger charge is -2.19. The lowest BCUT2D eigenvalue weighted by Crippen LogP contribution is -2.30. The summed E-state index contributed by atoms with van der Waals surface area (Å²) in [6.45, 7) is 0. The number of hydrogen-bond donors (Lipinski definition) is 1. The second-order valence-electron chi connectivity index (χ2n) is 5.87. The van der Waals surface area contributed by atoms with Gasteiger partial charge in [0.2, 0.25) is 5.91 Å². The van der Waals surface area contributed by atoms with Crippen molar-refractivity contribution in [3.63, 3.8) is 0 Å². The lowest BCUT2D eigenvalue weighted by atomic mass is 10.0. The van der Waals surface area contributed by atoms with Crippen LogP contribution in [0.5, 0.6) is 0 Å². The number of amides is 1. The third-order valence-electron chi connectivity index (χ3n) is 4.04. The third-order valence-corrected chi connectivity index (χ3v) is 4.04. The van der Waals surface area contributed by atoms with Crippen LogP contribution in [0.4, 0.5) is 8.78 Å². The van der Waals surface area contributed by atoms with Crippen LogP contribution < -0.4 is 5.32 Å².